The Morgan fingerprint density at radius 3 is 2.38 bits per heavy atom. The lowest BCUT2D eigenvalue weighted by atomic mass is 9.59. The van der Waals surface area contributed by atoms with Crippen LogP contribution in [0.4, 0.5) is 4.79 Å². The summed E-state index contributed by atoms with van der Waals surface area (Å²) in [5.74, 6) is -0.0443. The molecule has 0 amide bonds. The fourth-order valence-corrected chi connectivity index (χ4v) is 9.49. The molecule has 10 atom stereocenters. The third-order valence-corrected chi connectivity index (χ3v) is 15.5. The van der Waals surface area contributed by atoms with Gasteiger partial charge in [0.15, 0.2) is 25.8 Å². The number of Topliss-reactive ketones (excluding diaryl/α,β-unsaturated/α-hetero) is 1. The van der Waals surface area contributed by atoms with Gasteiger partial charge in [-0.3, -0.25) is 4.79 Å². The van der Waals surface area contributed by atoms with Crippen molar-refractivity contribution in [3.8, 4) is 0 Å². The zero-order valence-corrected chi connectivity index (χ0v) is 23.4. The van der Waals surface area contributed by atoms with Crippen molar-refractivity contribution < 1.29 is 28.6 Å². The fraction of sp³-hybridized carbons (Fsp3) is 0.852. The second-order valence-corrected chi connectivity index (χ2v) is 18.8. The summed E-state index contributed by atoms with van der Waals surface area (Å²) in [6.45, 7) is 21.5. The zero-order chi connectivity index (χ0) is 25.4. The third-order valence-electron chi connectivity index (χ3n) is 11.0. The molecule has 0 radical (unpaired) electrons. The smallest absolute Gasteiger partial charge is 0.426 e. The number of ketones is 1. The molecule has 4 fully saturated rings. The molecular weight excluding hydrogens is 448 g/mol. The van der Waals surface area contributed by atoms with Gasteiger partial charge in [-0.05, 0) is 60.2 Å². The minimum atomic E-state index is -2.28. The van der Waals surface area contributed by atoms with E-state index in [4.69, 9.17) is 13.9 Å². The number of ether oxygens (including phenoxy) is 2. The summed E-state index contributed by atoms with van der Waals surface area (Å²) in [6, 6.07) is 0. The Labute approximate surface area is 204 Å². The molecule has 6 nitrogen and oxygen atoms in total. The van der Waals surface area contributed by atoms with Gasteiger partial charge in [0.1, 0.15) is 6.10 Å². The Morgan fingerprint density at radius 2 is 1.79 bits per heavy atom. The lowest BCUT2D eigenvalue weighted by molar-refractivity contribution is -0.163. The van der Waals surface area contributed by atoms with Crippen molar-refractivity contribution in [2.45, 2.75) is 104 Å². The molecule has 0 aromatic carbocycles. The Hall–Kier alpha value is -1.18. The quantitative estimate of drug-likeness (QED) is 0.329. The SMILES string of the molecule is CC1=CC23C(=O)C(C4C(C[C@H]2C)C4(C)C)[C@H](O[Si](C)(C)C(C)(C)C)[C@H](C)C2OC(=O)OC23[C@H]1O. The lowest BCUT2D eigenvalue weighted by Crippen LogP contribution is -2.64. The van der Waals surface area contributed by atoms with Crippen LogP contribution in [0.25, 0.3) is 0 Å². The molecule has 1 N–H and O–H groups in total. The summed E-state index contributed by atoms with van der Waals surface area (Å²) in [6.07, 6.45) is -0.235. The molecule has 4 aliphatic carbocycles. The summed E-state index contributed by atoms with van der Waals surface area (Å²) in [5.41, 5.74) is -1.81. The molecule has 7 heteroatoms. The van der Waals surface area contributed by atoms with Crippen molar-refractivity contribution in [3.63, 3.8) is 0 Å². The van der Waals surface area contributed by atoms with Crippen LogP contribution in [0.1, 0.15) is 61.8 Å². The van der Waals surface area contributed by atoms with Crippen LogP contribution in [0, 0.1) is 40.4 Å². The molecule has 6 unspecified atom stereocenters. The molecule has 190 valence electrons. The van der Waals surface area contributed by atoms with Gasteiger partial charge in [-0.15, -0.1) is 0 Å². The highest BCUT2D eigenvalue weighted by atomic mass is 28.4. The minimum absolute atomic E-state index is 0.0390. The number of aliphatic hydroxyl groups excluding tert-OH is 1. The van der Waals surface area contributed by atoms with Crippen LogP contribution >= 0.6 is 0 Å². The maximum atomic E-state index is 14.9. The molecule has 1 saturated heterocycles. The topological polar surface area (TPSA) is 82.1 Å². The maximum absolute atomic E-state index is 14.9. The van der Waals surface area contributed by atoms with Crippen LogP contribution in [-0.2, 0) is 18.7 Å². The van der Waals surface area contributed by atoms with Crippen molar-refractivity contribution in [1.29, 1.82) is 0 Å². The number of rotatable bonds is 2. The van der Waals surface area contributed by atoms with Crippen LogP contribution in [0.5, 0.6) is 0 Å². The van der Waals surface area contributed by atoms with Crippen LogP contribution in [-0.4, -0.2) is 49.3 Å². The predicted molar refractivity (Wildman–Crippen MR) is 131 cm³/mol. The summed E-state index contributed by atoms with van der Waals surface area (Å²) in [4.78, 5) is 27.7. The van der Waals surface area contributed by atoms with Crippen molar-refractivity contribution in [1.82, 2.24) is 0 Å². The van der Waals surface area contributed by atoms with Gasteiger partial charge in [0.25, 0.3) is 0 Å². The maximum Gasteiger partial charge on any atom is 0.509 e. The van der Waals surface area contributed by atoms with E-state index in [9.17, 15) is 14.7 Å². The van der Waals surface area contributed by atoms with Crippen LogP contribution in [0.3, 0.4) is 0 Å². The van der Waals surface area contributed by atoms with Gasteiger partial charge >= 0.3 is 6.16 Å². The van der Waals surface area contributed by atoms with E-state index in [0.717, 1.165) is 6.42 Å². The number of carbonyl (C=O) groups excluding carboxylic acids is 2. The average molecular weight is 491 g/mol. The summed E-state index contributed by atoms with van der Waals surface area (Å²) < 4.78 is 19.0. The van der Waals surface area contributed by atoms with E-state index >= 15 is 0 Å². The molecule has 2 spiro atoms. The van der Waals surface area contributed by atoms with E-state index in [1.807, 2.05) is 19.9 Å². The van der Waals surface area contributed by atoms with Crippen LogP contribution < -0.4 is 0 Å². The van der Waals surface area contributed by atoms with Gasteiger partial charge in [0, 0.05) is 11.8 Å². The largest absolute Gasteiger partial charge is 0.509 e. The first-order valence-electron chi connectivity index (χ1n) is 12.9. The first-order chi connectivity index (χ1) is 15.4. The van der Waals surface area contributed by atoms with Crippen molar-refractivity contribution in [2.24, 2.45) is 40.4 Å². The standard InChI is InChI=1S/C27H42O6Si/c1-13-12-26-14(2)11-16-18(25(16,7)8)17(21(26)29)19(33-34(9,10)24(4,5)6)15(3)22-27(26,20(13)28)32-23(30)31-22/h12,14-20,22,28H,11H2,1-10H3/t14-,15+,16?,17?,18?,19-,20+,22?,26?,27?/m1/s1. The van der Waals surface area contributed by atoms with E-state index in [1.165, 1.54) is 0 Å². The van der Waals surface area contributed by atoms with Gasteiger partial charge in [0.05, 0.1) is 11.5 Å². The van der Waals surface area contributed by atoms with E-state index in [2.05, 4.69) is 54.6 Å². The number of fused-ring (bicyclic) bond motifs is 3. The molecule has 34 heavy (non-hydrogen) atoms. The molecule has 3 saturated carbocycles. The van der Waals surface area contributed by atoms with Gasteiger partial charge in [-0.1, -0.05) is 54.5 Å². The molecule has 5 rings (SSSR count). The molecule has 1 aliphatic heterocycles. The lowest BCUT2D eigenvalue weighted by Gasteiger charge is -2.46. The molecule has 0 aromatic heterocycles. The van der Waals surface area contributed by atoms with E-state index in [-0.39, 0.29) is 39.9 Å². The fourth-order valence-electron chi connectivity index (χ4n) is 8.10. The molecule has 2 bridgehead atoms. The van der Waals surface area contributed by atoms with E-state index in [1.54, 1.807) is 0 Å². The average Bonchev–Trinajstić information content (AvgIpc) is 3.00. The highest BCUT2D eigenvalue weighted by Gasteiger charge is 2.82. The van der Waals surface area contributed by atoms with Gasteiger partial charge in [0.2, 0.25) is 0 Å². The highest BCUT2D eigenvalue weighted by molar-refractivity contribution is 6.74. The number of carbonyl (C=O) groups is 2. The zero-order valence-electron chi connectivity index (χ0n) is 22.4. The van der Waals surface area contributed by atoms with Gasteiger partial charge in [-0.2, -0.15) is 0 Å². The van der Waals surface area contributed by atoms with Crippen molar-refractivity contribution in [2.75, 3.05) is 0 Å². The first-order valence-corrected chi connectivity index (χ1v) is 15.8. The van der Waals surface area contributed by atoms with Crippen molar-refractivity contribution in [3.05, 3.63) is 11.6 Å². The Bertz CT molecular complexity index is 978. The Morgan fingerprint density at radius 1 is 1.18 bits per heavy atom. The second-order valence-electron chi connectivity index (χ2n) is 14.0. The minimum Gasteiger partial charge on any atom is -0.426 e. The second kappa shape index (κ2) is 6.77. The number of hydrogen-bond donors (Lipinski definition) is 1. The Balaban J connectivity index is 1.76. The van der Waals surface area contributed by atoms with Gasteiger partial charge < -0.3 is 19.0 Å². The summed E-state index contributed by atoms with van der Waals surface area (Å²) in [5, 5.41) is 11.5. The van der Waals surface area contributed by atoms with E-state index < -0.39 is 43.8 Å². The van der Waals surface area contributed by atoms with Gasteiger partial charge in [-0.25, -0.2) is 4.79 Å². The van der Waals surface area contributed by atoms with Crippen LogP contribution in [0.15, 0.2) is 11.6 Å². The van der Waals surface area contributed by atoms with E-state index in [0.29, 0.717) is 11.5 Å². The molecule has 5 aliphatic rings. The number of aliphatic hydroxyl groups is 1. The third kappa shape index (κ3) is 2.64. The Kier molecular flexibility index (Phi) is 4.88. The van der Waals surface area contributed by atoms with Crippen LogP contribution in [0.2, 0.25) is 18.1 Å². The monoisotopic (exact) mass is 490 g/mol. The van der Waals surface area contributed by atoms with Crippen molar-refractivity contribution >= 4 is 20.3 Å². The summed E-state index contributed by atoms with van der Waals surface area (Å²) >= 11 is 0. The molecule has 0 aromatic rings. The summed E-state index contributed by atoms with van der Waals surface area (Å²) in [7, 11) is -2.28. The molecular formula is C27H42O6Si. The first kappa shape index (κ1) is 24.5. The highest BCUT2D eigenvalue weighted by Crippen LogP contribution is 2.74. The molecule has 1 heterocycles. The number of hydrogen-bond acceptors (Lipinski definition) is 6. The predicted octanol–water partition coefficient (Wildman–Crippen LogP) is 5.11. The normalized spacial score (nSPS) is 49.1.